The number of likely N-dealkylation sites (tertiary alicyclic amines) is 1. The van der Waals surface area contributed by atoms with E-state index >= 15 is 0 Å². The molecule has 0 bridgehead atoms. The average Bonchev–Trinajstić information content (AvgIpc) is 2.74. The average molecular weight is 317 g/mol. The summed E-state index contributed by atoms with van der Waals surface area (Å²) in [5, 5.41) is 3.07. The van der Waals surface area contributed by atoms with Crippen molar-refractivity contribution in [2.24, 2.45) is 17.8 Å². The smallest absolute Gasteiger partial charge is 0.223 e. The molecule has 2 fully saturated rings. The molecule has 3 heterocycles. The molecule has 2 aliphatic heterocycles. The third-order valence-corrected chi connectivity index (χ3v) is 5.24. The fraction of sp³-hybridized carbons (Fsp3) is 0.667. The van der Waals surface area contributed by atoms with E-state index in [1.54, 1.807) is 7.11 Å². The summed E-state index contributed by atoms with van der Waals surface area (Å²) in [4.78, 5) is 19.3. The van der Waals surface area contributed by atoms with E-state index in [2.05, 4.69) is 27.3 Å². The number of aryl methyl sites for hydroxylation is 1. The molecule has 5 heteroatoms. The number of aromatic nitrogens is 1. The van der Waals surface area contributed by atoms with Crippen LogP contribution in [0, 0.1) is 24.7 Å². The Kier molecular flexibility index (Phi) is 5.28. The molecule has 2 aliphatic rings. The van der Waals surface area contributed by atoms with Crippen LogP contribution in [0.4, 0.5) is 0 Å². The fourth-order valence-electron chi connectivity index (χ4n) is 4.06. The summed E-state index contributed by atoms with van der Waals surface area (Å²) in [5.41, 5.74) is 2.18. The van der Waals surface area contributed by atoms with E-state index in [-0.39, 0.29) is 11.8 Å². The lowest BCUT2D eigenvalue weighted by atomic mass is 9.75. The first-order valence-electron chi connectivity index (χ1n) is 8.59. The van der Waals surface area contributed by atoms with Crippen molar-refractivity contribution in [2.45, 2.75) is 26.3 Å². The zero-order valence-corrected chi connectivity index (χ0v) is 14.1. The van der Waals surface area contributed by atoms with Crippen molar-refractivity contribution >= 4 is 5.91 Å². The summed E-state index contributed by atoms with van der Waals surface area (Å²) in [6.07, 6.45) is 2.00. The van der Waals surface area contributed by atoms with Crippen LogP contribution >= 0.6 is 0 Å². The highest BCUT2D eigenvalue weighted by molar-refractivity contribution is 5.79. The molecular formula is C18H27N3O2. The lowest BCUT2D eigenvalue weighted by Gasteiger charge is -2.36. The molecule has 1 aromatic heterocycles. The molecule has 0 unspecified atom stereocenters. The van der Waals surface area contributed by atoms with Gasteiger partial charge >= 0.3 is 0 Å². The van der Waals surface area contributed by atoms with Crippen molar-refractivity contribution < 1.29 is 9.53 Å². The molecule has 1 amide bonds. The largest absolute Gasteiger partial charge is 0.384 e. The predicted molar refractivity (Wildman–Crippen MR) is 88.8 cm³/mol. The van der Waals surface area contributed by atoms with Crippen LogP contribution in [0.5, 0.6) is 0 Å². The predicted octanol–water partition coefficient (Wildman–Crippen LogP) is 1.61. The Morgan fingerprint density at radius 1 is 1.35 bits per heavy atom. The van der Waals surface area contributed by atoms with Crippen LogP contribution in [-0.2, 0) is 16.1 Å². The van der Waals surface area contributed by atoms with E-state index in [4.69, 9.17) is 4.74 Å². The number of amides is 1. The van der Waals surface area contributed by atoms with E-state index in [1.165, 1.54) is 0 Å². The second kappa shape index (κ2) is 7.41. The van der Waals surface area contributed by atoms with Gasteiger partial charge in [0.15, 0.2) is 0 Å². The quantitative estimate of drug-likeness (QED) is 0.917. The van der Waals surface area contributed by atoms with E-state index in [9.17, 15) is 4.79 Å². The summed E-state index contributed by atoms with van der Waals surface area (Å²) in [5.74, 6) is 1.26. The molecule has 1 aromatic rings. The molecule has 126 valence electrons. The Morgan fingerprint density at radius 3 is 2.96 bits per heavy atom. The number of ether oxygens (including phenoxy) is 1. The molecule has 3 rings (SSSR count). The Morgan fingerprint density at radius 2 is 2.17 bits per heavy atom. The molecule has 0 aromatic carbocycles. The van der Waals surface area contributed by atoms with Gasteiger partial charge in [-0.15, -0.1) is 0 Å². The van der Waals surface area contributed by atoms with Crippen LogP contribution in [0.3, 0.4) is 0 Å². The molecule has 3 atom stereocenters. The van der Waals surface area contributed by atoms with Crippen molar-refractivity contribution in [3.8, 4) is 0 Å². The van der Waals surface area contributed by atoms with E-state index in [1.807, 2.05) is 13.0 Å². The highest BCUT2D eigenvalue weighted by atomic mass is 16.5. The van der Waals surface area contributed by atoms with E-state index in [0.29, 0.717) is 11.8 Å². The second-order valence-electron chi connectivity index (χ2n) is 6.85. The van der Waals surface area contributed by atoms with Crippen LogP contribution in [0.15, 0.2) is 18.2 Å². The fourth-order valence-corrected chi connectivity index (χ4v) is 4.06. The number of carbonyl (C=O) groups is 1. The monoisotopic (exact) mass is 317 g/mol. The topological polar surface area (TPSA) is 54.5 Å². The highest BCUT2D eigenvalue weighted by Gasteiger charge is 2.39. The third-order valence-electron chi connectivity index (χ3n) is 5.24. The van der Waals surface area contributed by atoms with Crippen molar-refractivity contribution in [3.05, 3.63) is 29.6 Å². The molecule has 0 saturated carbocycles. The molecular weight excluding hydrogens is 290 g/mol. The number of rotatable bonds is 4. The van der Waals surface area contributed by atoms with Crippen molar-refractivity contribution in [2.75, 3.05) is 33.4 Å². The van der Waals surface area contributed by atoms with Crippen LogP contribution in [0.25, 0.3) is 0 Å². The van der Waals surface area contributed by atoms with Gasteiger partial charge < -0.3 is 10.1 Å². The van der Waals surface area contributed by atoms with Crippen molar-refractivity contribution in [3.63, 3.8) is 0 Å². The molecule has 0 spiro atoms. The maximum absolute atomic E-state index is 12.3. The van der Waals surface area contributed by atoms with Crippen LogP contribution in [0.2, 0.25) is 0 Å². The number of carbonyl (C=O) groups excluding carboxylic acids is 1. The molecule has 5 nitrogen and oxygen atoms in total. The minimum absolute atomic E-state index is 0.138. The standard InChI is InChI=1S/C18H27N3O2/c1-13-4-3-5-15(20-13)11-21-8-6-16-14(12-23-2)10-19-18(22)17(16)7-9-21/h3-5,14,16-17H,6-12H2,1-2H3,(H,19,22)/t14-,16-,17-/m1/s1. The first kappa shape index (κ1) is 16.4. The number of nitrogens with one attached hydrogen (secondary N) is 1. The summed E-state index contributed by atoms with van der Waals surface area (Å²) in [7, 11) is 1.75. The third kappa shape index (κ3) is 3.90. The van der Waals surface area contributed by atoms with Crippen LogP contribution in [-0.4, -0.2) is 49.1 Å². The van der Waals surface area contributed by atoms with Gasteiger partial charge in [0.1, 0.15) is 0 Å². The lowest BCUT2D eigenvalue weighted by Crippen LogP contribution is -2.49. The Balaban J connectivity index is 1.66. The maximum Gasteiger partial charge on any atom is 0.223 e. The Hall–Kier alpha value is -1.46. The van der Waals surface area contributed by atoms with Gasteiger partial charge in [0, 0.05) is 37.7 Å². The van der Waals surface area contributed by atoms with Crippen molar-refractivity contribution in [1.29, 1.82) is 0 Å². The van der Waals surface area contributed by atoms with Gasteiger partial charge in [0.25, 0.3) is 0 Å². The maximum atomic E-state index is 12.3. The number of hydrogen-bond donors (Lipinski definition) is 1. The van der Waals surface area contributed by atoms with Gasteiger partial charge in [-0.05, 0) is 50.9 Å². The van der Waals surface area contributed by atoms with Gasteiger partial charge in [-0.3, -0.25) is 14.7 Å². The number of pyridine rings is 1. The summed E-state index contributed by atoms with van der Waals surface area (Å²) in [6.45, 7) is 6.39. The summed E-state index contributed by atoms with van der Waals surface area (Å²) < 4.78 is 5.37. The van der Waals surface area contributed by atoms with Crippen LogP contribution in [0.1, 0.15) is 24.2 Å². The summed E-state index contributed by atoms with van der Waals surface area (Å²) >= 11 is 0. The minimum Gasteiger partial charge on any atom is -0.384 e. The number of hydrogen-bond acceptors (Lipinski definition) is 4. The van der Waals surface area contributed by atoms with E-state index in [0.717, 1.165) is 57.0 Å². The van der Waals surface area contributed by atoms with Crippen LogP contribution < -0.4 is 5.32 Å². The molecule has 1 N–H and O–H groups in total. The molecule has 0 aliphatic carbocycles. The zero-order valence-electron chi connectivity index (χ0n) is 14.1. The van der Waals surface area contributed by atoms with Gasteiger partial charge in [0.2, 0.25) is 5.91 Å². The minimum atomic E-state index is 0.138. The van der Waals surface area contributed by atoms with Gasteiger partial charge in [-0.25, -0.2) is 0 Å². The molecule has 0 radical (unpaired) electrons. The number of nitrogens with zero attached hydrogens (tertiary/aromatic N) is 2. The SMILES string of the molecule is COC[C@H]1CNC(=O)[C@@H]2CCN(Cc3cccc(C)n3)CC[C@H]12. The highest BCUT2D eigenvalue weighted by Crippen LogP contribution is 2.34. The number of piperidine rings is 1. The molecule has 23 heavy (non-hydrogen) atoms. The first-order valence-corrected chi connectivity index (χ1v) is 8.59. The van der Waals surface area contributed by atoms with Gasteiger partial charge in [0.05, 0.1) is 12.3 Å². The first-order chi connectivity index (χ1) is 11.2. The van der Waals surface area contributed by atoms with Gasteiger partial charge in [-0.2, -0.15) is 0 Å². The molecule has 2 saturated heterocycles. The van der Waals surface area contributed by atoms with Crippen molar-refractivity contribution in [1.82, 2.24) is 15.2 Å². The number of fused-ring (bicyclic) bond motifs is 1. The summed E-state index contributed by atoms with van der Waals surface area (Å²) in [6, 6.07) is 6.18. The Bertz CT molecular complexity index is 549. The Labute approximate surface area is 138 Å². The zero-order chi connectivity index (χ0) is 16.2. The normalized spacial score (nSPS) is 28.8. The van der Waals surface area contributed by atoms with E-state index < -0.39 is 0 Å². The number of methoxy groups -OCH3 is 1. The van der Waals surface area contributed by atoms with Gasteiger partial charge in [-0.1, -0.05) is 6.07 Å². The lowest BCUT2D eigenvalue weighted by molar-refractivity contribution is -0.131. The second-order valence-corrected chi connectivity index (χ2v) is 6.85.